The number of sulfone groups is 1. The molecule has 0 saturated carbocycles. The lowest BCUT2D eigenvalue weighted by Crippen LogP contribution is -2.44. The zero-order valence-corrected chi connectivity index (χ0v) is 15.0. The first kappa shape index (κ1) is 19.0. The van der Waals surface area contributed by atoms with E-state index < -0.39 is 9.84 Å². The fourth-order valence-electron chi connectivity index (χ4n) is 2.47. The fraction of sp³-hybridized carbons (Fsp3) is 0.500. The van der Waals surface area contributed by atoms with Crippen molar-refractivity contribution in [2.45, 2.75) is 19.4 Å². The number of carbonyl (C=O) groups is 1. The van der Waals surface area contributed by atoms with Crippen molar-refractivity contribution in [3.8, 4) is 5.75 Å². The van der Waals surface area contributed by atoms with Crippen molar-refractivity contribution in [1.29, 1.82) is 0 Å². The van der Waals surface area contributed by atoms with E-state index in [4.69, 9.17) is 0 Å². The first-order valence-electron chi connectivity index (χ1n) is 8.22. The van der Waals surface area contributed by atoms with Gasteiger partial charge in [0.25, 0.3) is 5.91 Å². The number of amides is 1. The number of benzene rings is 1. The number of rotatable bonds is 6. The number of hydrogen-bond donors (Lipinski definition) is 4. The maximum absolute atomic E-state index is 11.9. The maximum atomic E-state index is 11.9. The molecule has 1 atom stereocenters. The molecule has 1 aromatic rings. The van der Waals surface area contributed by atoms with Crippen LogP contribution in [0, 0.1) is 0 Å². The number of aliphatic imine (C=N–C) groups is 1. The largest absolute Gasteiger partial charge is 0.508 e. The predicted molar refractivity (Wildman–Crippen MR) is 96.6 cm³/mol. The summed E-state index contributed by atoms with van der Waals surface area (Å²) in [7, 11) is -2.95. The topological polar surface area (TPSA) is 120 Å². The second kappa shape index (κ2) is 8.70. The molecule has 1 fully saturated rings. The Labute approximate surface area is 147 Å². The van der Waals surface area contributed by atoms with Gasteiger partial charge in [0, 0.05) is 24.7 Å². The molecular formula is C16H24N4O4S. The van der Waals surface area contributed by atoms with E-state index in [-0.39, 0.29) is 29.2 Å². The zero-order valence-electron chi connectivity index (χ0n) is 14.2. The molecule has 1 unspecified atom stereocenters. The summed E-state index contributed by atoms with van der Waals surface area (Å²) in [6.45, 7) is 3.29. The molecule has 25 heavy (non-hydrogen) atoms. The summed E-state index contributed by atoms with van der Waals surface area (Å²) in [6, 6.07) is 5.86. The second-order valence-corrected chi connectivity index (χ2v) is 8.04. The van der Waals surface area contributed by atoms with Gasteiger partial charge in [0.05, 0.1) is 18.1 Å². The minimum absolute atomic E-state index is 0.108. The van der Waals surface area contributed by atoms with E-state index in [1.807, 2.05) is 6.92 Å². The molecule has 0 radical (unpaired) electrons. The molecule has 8 nitrogen and oxygen atoms in total. The Morgan fingerprint density at radius 2 is 2.00 bits per heavy atom. The average molecular weight is 368 g/mol. The molecule has 1 aromatic carbocycles. The molecule has 1 amide bonds. The first-order valence-corrected chi connectivity index (χ1v) is 10.0. The summed E-state index contributed by atoms with van der Waals surface area (Å²) in [5.74, 6) is 0.733. The number of guanidine groups is 1. The lowest BCUT2D eigenvalue weighted by atomic mass is 10.2. The summed E-state index contributed by atoms with van der Waals surface area (Å²) in [6.07, 6.45) is 0.574. The highest BCUT2D eigenvalue weighted by atomic mass is 32.2. The van der Waals surface area contributed by atoms with Crippen LogP contribution >= 0.6 is 0 Å². The Kier molecular flexibility index (Phi) is 6.63. The van der Waals surface area contributed by atoms with Crippen LogP contribution in [0.25, 0.3) is 0 Å². The minimum Gasteiger partial charge on any atom is -0.508 e. The standard InChI is InChI=1S/C16H24N4O4S/c1-2-17-16(20-13-7-10-25(23,24)11-13)19-9-8-18-15(22)12-3-5-14(21)6-4-12/h3-6,13,21H,2,7-11H2,1H3,(H,18,22)(H2,17,19,20). The Bertz CT molecular complexity index is 716. The fourth-order valence-corrected chi connectivity index (χ4v) is 4.15. The van der Waals surface area contributed by atoms with Crippen LogP contribution in [0.3, 0.4) is 0 Å². The highest BCUT2D eigenvalue weighted by Crippen LogP contribution is 2.11. The Hall–Kier alpha value is -2.29. The van der Waals surface area contributed by atoms with Gasteiger partial charge in [-0.2, -0.15) is 0 Å². The number of hydrogen-bond acceptors (Lipinski definition) is 5. The number of phenols is 1. The molecule has 0 spiro atoms. The van der Waals surface area contributed by atoms with Crippen LogP contribution in [-0.2, 0) is 9.84 Å². The van der Waals surface area contributed by atoms with Crippen LogP contribution < -0.4 is 16.0 Å². The lowest BCUT2D eigenvalue weighted by molar-refractivity contribution is 0.0955. The summed E-state index contributed by atoms with van der Waals surface area (Å²) in [5.41, 5.74) is 0.461. The van der Waals surface area contributed by atoms with Gasteiger partial charge in [0.2, 0.25) is 0 Å². The van der Waals surface area contributed by atoms with E-state index in [2.05, 4.69) is 20.9 Å². The van der Waals surface area contributed by atoms with Crippen molar-refractivity contribution < 1.29 is 18.3 Å². The van der Waals surface area contributed by atoms with Crippen molar-refractivity contribution in [2.24, 2.45) is 4.99 Å². The van der Waals surface area contributed by atoms with E-state index >= 15 is 0 Å². The monoisotopic (exact) mass is 368 g/mol. The molecule has 2 rings (SSSR count). The number of nitrogens with one attached hydrogen (secondary N) is 3. The quantitative estimate of drug-likeness (QED) is 0.315. The third kappa shape index (κ3) is 6.26. The highest BCUT2D eigenvalue weighted by Gasteiger charge is 2.28. The van der Waals surface area contributed by atoms with E-state index in [0.29, 0.717) is 37.6 Å². The molecule has 1 aliphatic rings. The molecule has 0 aliphatic carbocycles. The van der Waals surface area contributed by atoms with E-state index in [1.54, 1.807) is 12.1 Å². The van der Waals surface area contributed by atoms with Crippen molar-refractivity contribution >= 4 is 21.7 Å². The van der Waals surface area contributed by atoms with Crippen LogP contribution in [0.15, 0.2) is 29.3 Å². The minimum atomic E-state index is -2.95. The third-order valence-electron chi connectivity index (χ3n) is 3.71. The molecule has 4 N–H and O–H groups in total. The molecule has 138 valence electrons. The van der Waals surface area contributed by atoms with Crippen molar-refractivity contribution in [1.82, 2.24) is 16.0 Å². The van der Waals surface area contributed by atoms with Gasteiger partial charge in [-0.3, -0.25) is 9.79 Å². The molecule has 9 heteroatoms. The maximum Gasteiger partial charge on any atom is 0.251 e. The highest BCUT2D eigenvalue weighted by molar-refractivity contribution is 7.91. The normalized spacial score (nSPS) is 19.4. The van der Waals surface area contributed by atoms with Gasteiger partial charge in [0.1, 0.15) is 5.75 Å². The summed E-state index contributed by atoms with van der Waals surface area (Å²) < 4.78 is 23.0. The van der Waals surface area contributed by atoms with Crippen LogP contribution in [0.1, 0.15) is 23.7 Å². The summed E-state index contributed by atoms with van der Waals surface area (Å²) in [5, 5.41) is 18.1. The van der Waals surface area contributed by atoms with Gasteiger partial charge >= 0.3 is 0 Å². The summed E-state index contributed by atoms with van der Waals surface area (Å²) >= 11 is 0. The Morgan fingerprint density at radius 3 is 2.60 bits per heavy atom. The van der Waals surface area contributed by atoms with Gasteiger partial charge in [-0.25, -0.2) is 8.42 Å². The first-order chi connectivity index (χ1) is 11.9. The van der Waals surface area contributed by atoms with Gasteiger partial charge in [-0.15, -0.1) is 0 Å². The zero-order chi connectivity index (χ0) is 18.3. The Morgan fingerprint density at radius 1 is 1.28 bits per heavy atom. The lowest BCUT2D eigenvalue weighted by Gasteiger charge is -2.15. The molecule has 0 bridgehead atoms. The van der Waals surface area contributed by atoms with Gasteiger partial charge < -0.3 is 21.1 Å². The average Bonchev–Trinajstić information content (AvgIpc) is 2.90. The van der Waals surface area contributed by atoms with Crippen molar-refractivity contribution in [3.05, 3.63) is 29.8 Å². The Balaban J connectivity index is 1.80. The van der Waals surface area contributed by atoms with Crippen LogP contribution in [-0.4, -0.2) is 62.6 Å². The number of phenolic OH excluding ortho intramolecular Hbond substituents is 1. The summed E-state index contributed by atoms with van der Waals surface area (Å²) in [4.78, 5) is 16.3. The predicted octanol–water partition coefficient (Wildman–Crippen LogP) is -0.136. The molecule has 1 aliphatic heterocycles. The molecule has 1 saturated heterocycles. The molecule has 1 heterocycles. The molecular weight excluding hydrogens is 344 g/mol. The van der Waals surface area contributed by atoms with Gasteiger partial charge in [0.15, 0.2) is 15.8 Å². The van der Waals surface area contributed by atoms with Crippen molar-refractivity contribution in [2.75, 3.05) is 31.1 Å². The van der Waals surface area contributed by atoms with Crippen molar-refractivity contribution in [3.63, 3.8) is 0 Å². The van der Waals surface area contributed by atoms with Crippen LogP contribution in [0.4, 0.5) is 0 Å². The number of carbonyl (C=O) groups excluding carboxylic acids is 1. The van der Waals surface area contributed by atoms with E-state index in [0.717, 1.165) is 0 Å². The molecule has 0 aromatic heterocycles. The van der Waals surface area contributed by atoms with Crippen LogP contribution in [0.5, 0.6) is 5.75 Å². The number of nitrogens with zero attached hydrogens (tertiary/aromatic N) is 1. The number of aromatic hydroxyl groups is 1. The van der Waals surface area contributed by atoms with Gasteiger partial charge in [-0.05, 0) is 37.6 Å². The van der Waals surface area contributed by atoms with Gasteiger partial charge in [-0.1, -0.05) is 0 Å². The van der Waals surface area contributed by atoms with Crippen LogP contribution in [0.2, 0.25) is 0 Å². The smallest absolute Gasteiger partial charge is 0.251 e. The third-order valence-corrected chi connectivity index (χ3v) is 5.48. The van der Waals surface area contributed by atoms with E-state index in [9.17, 15) is 18.3 Å². The SMILES string of the molecule is CCNC(=NCCNC(=O)c1ccc(O)cc1)NC1CCS(=O)(=O)C1. The van der Waals surface area contributed by atoms with E-state index in [1.165, 1.54) is 12.1 Å². The second-order valence-electron chi connectivity index (χ2n) is 5.81.